The molecule has 0 aliphatic heterocycles. The van der Waals surface area contributed by atoms with Gasteiger partial charge in [-0.2, -0.15) is 4.73 Å². The molecule has 2 heterocycles. The van der Waals surface area contributed by atoms with E-state index in [4.69, 9.17) is 0 Å². The van der Waals surface area contributed by atoms with E-state index < -0.39 is 0 Å². The summed E-state index contributed by atoms with van der Waals surface area (Å²) in [6.45, 7) is 0. The average Bonchev–Trinajstić information content (AvgIpc) is 2.04. The Morgan fingerprint density at radius 3 is 3.00 bits per heavy atom. The first-order valence-electron chi connectivity index (χ1n) is 3.48. The van der Waals surface area contributed by atoms with E-state index in [0.717, 1.165) is 0 Å². The molecule has 4 nitrogen and oxygen atoms in total. The van der Waals surface area contributed by atoms with Gasteiger partial charge in [0.15, 0.2) is 6.20 Å². The van der Waals surface area contributed by atoms with Crippen LogP contribution in [0.3, 0.4) is 0 Å². The number of H-pyrrole nitrogens is 1. The molecule has 0 atom stereocenters. The Balaban J connectivity index is 3.07. The summed E-state index contributed by atoms with van der Waals surface area (Å²) < 4.78 is 0.564. The zero-order valence-corrected chi connectivity index (χ0v) is 6.15. The lowest BCUT2D eigenvalue weighted by molar-refractivity contribution is -0.577. The third-order valence-corrected chi connectivity index (χ3v) is 1.67. The molecule has 0 fully saturated rings. The van der Waals surface area contributed by atoms with Crippen molar-refractivity contribution in [1.82, 2.24) is 4.98 Å². The highest BCUT2D eigenvalue weighted by Gasteiger charge is 2.05. The fourth-order valence-electron chi connectivity index (χ4n) is 1.13. The standard InChI is InChI=1S/C8H6N2O2/c11-7-3-4-9-6-2-1-5-10(12)8(6)7/h1-5H,(H,9,11). The quantitative estimate of drug-likeness (QED) is 0.443. The highest BCUT2D eigenvalue weighted by Crippen LogP contribution is 1.97. The number of hydrogen-bond acceptors (Lipinski definition) is 2. The number of nitrogens with zero attached hydrogens (tertiary/aromatic N) is 1. The second-order valence-corrected chi connectivity index (χ2v) is 2.44. The summed E-state index contributed by atoms with van der Waals surface area (Å²) in [6.07, 6.45) is 2.82. The average molecular weight is 162 g/mol. The van der Waals surface area contributed by atoms with Crippen molar-refractivity contribution in [2.75, 3.05) is 0 Å². The predicted octanol–water partition coefficient (Wildman–Crippen LogP) is 0.161. The Morgan fingerprint density at radius 2 is 2.25 bits per heavy atom. The molecule has 0 saturated heterocycles. The van der Waals surface area contributed by atoms with Crippen LogP contribution in [0.25, 0.3) is 11.0 Å². The zero-order chi connectivity index (χ0) is 8.55. The largest absolute Gasteiger partial charge is 0.618 e. The highest BCUT2D eigenvalue weighted by molar-refractivity contribution is 5.69. The Hall–Kier alpha value is -1.84. The molecule has 4 heteroatoms. The van der Waals surface area contributed by atoms with Gasteiger partial charge < -0.3 is 10.2 Å². The minimum absolute atomic E-state index is 0.153. The van der Waals surface area contributed by atoms with Crippen LogP contribution < -0.4 is 10.2 Å². The van der Waals surface area contributed by atoms with Gasteiger partial charge in [0.25, 0.3) is 10.9 Å². The fraction of sp³-hybridized carbons (Fsp3) is 0. The van der Waals surface area contributed by atoms with Crippen LogP contribution in [0.15, 0.2) is 35.4 Å². The van der Waals surface area contributed by atoms with Gasteiger partial charge in [-0.15, -0.1) is 0 Å². The second-order valence-electron chi connectivity index (χ2n) is 2.44. The van der Waals surface area contributed by atoms with E-state index in [2.05, 4.69) is 4.98 Å². The lowest BCUT2D eigenvalue weighted by atomic mass is 10.3. The molecule has 0 radical (unpaired) electrons. The van der Waals surface area contributed by atoms with Crippen molar-refractivity contribution >= 4 is 11.0 Å². The summed E-state index contributed by atoms with van der Waals surface area (Å²) in [5.41, 5.74) is 0.444. The van der Waals surface area contributed by atoms with Gasteiger partial charge in [0.2, 0.25) is 0 Å². The summed E-state index contributed by atoms with van der Waals surface area (Å²) in [5.74, 6) is 0. The molecule has 2 aromatic heterocycles. The minimum Gasteiger partial charge on any atom is -0.618 e. The van der Waals surface area contributed by atoms with E-state index in [9.17, 15) is 10.0 Å². The fourth-order valence-corrected chi connectivity index (χ4v) is 1.13. The molecular formula is C8H6N2O2. The Bertz CT molecular complexity index is 470. The molecule has 2 rings (SSSR count). The van der Waals surface area contributed by atoms with E-state index in [-0.39, 0.29) is 10.9 Å². The summed E-state index contributed by atoms with van der Waals surface area (Å²) in [7, 11) is 0. The molecule has 0 saturated carbocycles. The van der Waals surface area contributed by atoms with Crippen LogP contribution in [0.5, 0.6) is 0 Å². The summed E-state index contributed by atoms with van der Waals surface area (Å²) in [6, 6.07) is 4.60. The van der Waals surface area contributed by atoms with Crippen LogP contribution in [0, 0.1) is 5.21 Å². The number of hydrogen-bond donors (Lipinski definition) is 1. The monoisotopic (exact) mass is 162 g/mol. The Morgan fingerprint density at radius 1 is 1.42 bits per heavy atom. The van der Waals surface area contributed by atoms with Crippen LogP contribution in [0.4, 0.5) is 0 Å². The summed E-state index contributed by atoms with van der Waals surface area (Å²) >= 11 is 0. The number of rotatable bonds is 0. The van der Waals surface area contributed by atoms with Crippen molar-refractivity contribution in [3.8, 4) is 0 Å². The Kier molecular flexibility index (Phi) is 1.33. The van der Waals surface area contributed by atoms with E-state index in [1.165, 1.54) is 18.5 Å². The maximum Gasteiger partial charge on any atom is 0.287 e. The van der Waals surface area contributed by atoms with Gasteiger partial charge in [-0.25, -0.2) is 0 Å². The van der Waals surface area contributed by atoms with Gasteiger partial charge >= 0.3 is 0 Å². The first-order chi connectivity index (χ1) is 5.79. The van der Waals surface area contributed by atoms with Crippen molar-refractivity contribution in [2.24, 2.45) is 0 Å². The molecule has 0 unspecified atom stereocenters. The smallest absolute Gasteiger partial charge is 0.287 e. The van der Waals surface area contributed by atoms with Crippen LogP contribution in [0.2, 0.25) is 0 Å². The molecule has 0 aromatic carbocycles. The molecule has 12 heavy (non-hydrogen) atoms. The maximum atomic E-state index is 11.2. The van der Waals surface area contributed by atoms with Crippen LogP contribution >= 0.6 is 0 Å². The first-order valence-corrected chi connectivity index (χ1v) is 3.48. The number of nitrogens with one attached hydrogen (secondary N) is 1. The molecule has 2 aromatic rings. The van der Waals surface area contributed by atoms with E-state index in [1.807, 2.05) is 0 Å². The lowest BCUT2D eigenvalue weighted by Gasteiger charge is -1.97. The van der Waals surface area contributed by atoms with Crippen LogP contribution in [-0.2, 0) is 0 Å². The number of fused-ring (bicyclic) bond motifs is 1. The summed E-state index contributed by atoms with van der Waals surface area (Å²) in [5, 5.41) is 11.1. The molecule has 60 valence electrons. The lowest BCUT2D eigenvalue weighted by Crippen LogP contribution is -2.31. The normalized spacial score (nSPS) is 10.3. The van der Waals surface area contributed by atoms with E-state index >= 15 is 0 Å². The van der Waals surface area contributed by atoms with Crippen molar-refractivity contribution in [3.63, 3.8) is 0 Å². The SMILES string of the molecule is O=c1cc[nH]c2ccc[n+]([O-])c12. The van der Waals surface area contributed by atoms with Gasteiger partial charge in [-0.1, -0.05) is 0 Å². The first kappa shape index (κ1) is 6.84. The van der Waals surface area contributed by atoms with E-state index in [0.29, 0.717) is 10.2 Å². The third kappa shape index (κ3) is 0.852. The van der Waals surface area contributed by atoms with Gasteiger partial charge in [0.1, 0.15) is 5.52 Å². The van der Waals surface area contributed by atoms with Crippen LogP contribution in [-0.4, -0.2) is 4.98 Å². The van der Waals surface area contributed by atoms with Crippen molar-refractivity contribution in [1.29, 1.82) is 0 Å². The van der Waals surface area contributed by atoms with Crippen LogP contribution in [0.1, 0.15) is 0 Å². The molecule has 0 amide bonds. The van der Waals surface area contributed by atoms with Crippen molar-refractivity contribution < 1.29 is 4.73 Å². The van der Waals surface area contributed by atoms with Gasteiger partial charge in [0.05, 0.1) is 0 Å². The molecule has 0 aliphatic rings. The van der Waals surface area contributed by atoms with Crippen molar-refractivity contribution in [3.05, 3.63) is 46.0 Å². The van der Waals surface area contributed by atoms with E-state index in [1.54, 1.807) is 12.1 Å². The third-order valence-electron chi connectivity index (χ3n) is 1.67. The number of aromatic amines is 1. The Labute approximate surface area is 67.7 Å². The molecule has 0 aliphatic carbocycles. The molecule has 0 bridgehead atoms. The topological polar surface area (TPSA) is 59.8 Å². The zero-order valence-electron chi connectivity index (χ0n) is 6.15. The maximum absolute atomic E-state index is 11.2. The minimum atomic E-state index is -0.264. The highest BCUT2D eigenvalue weighted by atomic mass is 16.5. The molecular weight excluding hydrogens is 156 g/mol. The van der Waals surface area contributed by atoms with Gasteiger partial charge in [-0.05, 0) is 6.07 Å². The molecule has 0 spiro atoms. The van der Waals surface area contributed by atoms with Crippen molar-refractivity contribution in [2.45, 2.75) is 0 Å². The predicted molar refractivity (Wildman–Crippen MR) is 43.5 cm³/mol. The second kappa shape index (κ2) is 2.34. The number of pyridine rings is 2. The molecule has 1 N–H and O–H groups in total. The number of aromatic nitrogens is 2. The summed E-state index contributed by atoms with van der Waals surface area (Å²) in [4.78, 5) is 14.0. The van der Waals surface area contributed by atoms with Gasteiger partial charge in [0, 0.05) is 18.3 Å². The van der Waals surface area contributed by atoms with Gasteiger partial charge in [-0.3, -0.25) is 4.79 Å².